The highest BCUT2D eigenvalue weighted by Gasteiger charge is 2.27. The van der Waals surface area contributed by atoms with Gasteiger partial charge in [0.25, 0.3) is 0 Å². The van der Waals surface area contributed by atoms with Gasteiger partial charge in [0.2, 0.25) is 11.8 Å². The molecule has 0 unspecified atom stereocenters. The molecule has 8 heteroatoms. The molecule has 3 amide bonds. The minimum atomic E-state index is -0.956. The van der Waals surface area contributed by atoms with Crippen molar-refractivity contribution >= 4 is 40.5 Å². The van der Waals surface area contributed by atoms with Crippen molar-refractivity contribution in [3.63, 3.8) is 0 Å². The molecule has 0 heterocycles. The minimum Gasteiger partial charge on any atom is -0.445 e. The zero-order valence-corrected chi connectivity index (χ0v) is 20.6. The Morgan fingerprint density at radius 2 is 1.35 bits per heavy atom. The number of carbonyl (C=O) groups is 3. The molecule has 176 valence electrons. The van der Waals surface area contributed by atoms with Gasteiger partial charge in [0, 0.05) is 16.4 Å². The quantitative estimate of drug-likeness (QED) is 0.325. The summed E-state index contributed by atoms with van der Waals surface area (Å²) < 4.78 is 6.25. The second-order valence-corrected chi connectivity index (χ2v) is 8.87. The summed E-state index contributed by atoms with van der Waals surface area (Å²) in [5, 5.41) is 5.33. The van der Waals surface area contributed by atoms with Crippen LogP contribution in [0.25, 0.3) is 0 Å². The Balaban J connectivity index is 1.70. The highest BCUT2D eigenvalue weighted by molar-refractivity contribution is 14.1. The van der Waals surface area contributed by atoms with Crippen LogP contribution >= 0.6 is 22.6 Å². The molecule has 0 saturated carbocycles. The molecule has 3 aromatic rings. The van der Waals surface area contributed by atoms with E-state index in [1.807, 2.05) is 84.9 Å². The lowest BCUT2D eigenvalue weighted by molar-refractivity contribution is -0.128. The summed E-state index contributed by atoms with van der Waals surface area (Å²) in [7, 11) is 0. The smallest absolute Gasteiger partial charge is 0.408 e. The summed E-state index contributed by atoms with van der Waals surface area (Å²) in [6.07, 6.45) is -0.258. The predicted octanol–water partition coefficient (Wildman–Crippen LogP) is 3.34. The zero-order valence-electron chi connectivity index (χ0n) is 18.4. The molecular weight excluding hydrogens is 545 g/mol. The highest BCUT2D eigenvalue weighted by atomic mass is 127. The van der Waals surface area contributed by atoms with E-state index >= 15 is 0 Å². The minimum absolute atomic E-state index is 0.0721. The lowest BCUT2D eigenvalue weighted by Crippen LogP contribution is -2.54. The van der Waals surface area contributed by atoms with Gasteiger partial charge in [-0.2, -0.15) is 0 Å². The number of nitrogens with two attached hydrogens (primary N) is 1. The van der Waals surface area contributed by atoms with Crippen molar-refractivity contribution in [1.29, 1.82) is 0 Å². The number of hydrogen-bond donors (Lipinski definition) is 3. The molecule has 0 aliphatic rings. The number of rotatable bonds is 10. The first-order valence-electron chi connectivity index (χ1n) is 10.8. The molecule has 0 spiro atoms. The van der Waals surface area contributed by atoms with Crippen LogP contribution in [0.2, 0.25) is 0 Å². The maximum Gasteiger partial charge on any atom is 0.408 e. The van der Waals surface area contributed by atoms with Gasteiger partial charge >= 0.3 is 6.09 Å². The largest absolute Gasteiger partial charge is 0.445 e. The van der Waals surface area contributed by atoms with E-state index in [9.17, 15) is 14.4 Å². The Morgan fingerprint density at radius 1 is 0.765 bits per heavy atom. The van der Waals surface area contributed by atoms with E-state index in [4.69, 9.17) is 10.5 Å². The summed E-state index contributed by atoms with van der Waals surface area (Å²) in [6.45, 7) is 0.0721. The molecule has 4 N–H and O–H groups in total. The lowest BCUT2D eigenvalue weighted by Gasteiger charge is -2.22. The van der Waals surface area contributed by atoms with E-state index in [0.717, 1.165) is 20.3 Å². The van der Waals surface area contributed by atoms with Crippen LogP contribution in [0.5, 0.6) is 0 Å². The van der Waals surface area contributed by atoms with Gasteiger partial charge in [-0.25, -0.2) is 4.79 Å². The Morgan fingerprint density at radius 3 is 1.97 bits per heavy atom. The van der Waals surface area contributed by atoms with Gasteiger partial charge < -0.3 is 21.1 Å². The first-order valence-corrected chi connectivity index (χ1v) is 11.8. The third kappa shape index (κ3) is 7.87. The average molecular weight is 571 g/mol. The molecule has 0 radical (unpaired) electrons. The van der Waals surface area contributed by atoms with Gasteiger partial charge in [0.05, 0.1) is 0 Å². The van der Waals surface area contributed by atoms with Gasteiger partial charge in [0.1, 0.15) is 18.7 Å². The maximum atomic E-state index is 13.2. The molecular formula is C26H26IN3O4. The second kappa shape index (κ2) is 12.7. The zero-order chi connectivity index (χ0) is 24.3. The fourth-order valence-corrected chi connectivity index (χ4v) is 3.95. The lowest BCUT2D eigenvalue weighted by atomic mass is 10.0. The first kappa shape index (κ1) is 25.2. The first-order chi connectivity index (χ1) is 16.4. The highest BCUT2D eigenvalue weighted by Crippen LogP contribution is 2.14. The van der Waals surface area contributed by atoms with E-state index in [1.165, 1.54) is 0 Å². The van der Waals surface area contributed by atoms with Gasteiger partial charge in [-0.05, 0) is 45.3 Å². The Kier molecular flexibility index (Phi) is 9.45. The molecule has 0 aromatic heterocycles. The van der Waals surface area contributed by atoms with Gasteiger partial charge in [-0.15, -0.1) is 0 Å². The monoisotopic (exact) mass is 571 g/mol. The molecule has 3 rings (SSSR count). The summed E-state index contributed by atoms with van der Waals surface area (Å²) in [4.78, 5) is 37.7. The molecule has 0 saturated heterocycles. The molecule has 3 aromatic carbocycles. The van der Waals surface area contributed by atoms with E-state index in [-0.39, 0.29) is 19.4 Å². The van der Waals surface area contributed by atoms with Gasteiger partial charge in [-0.3, -0.25) is 9.59 Å². The number of carbonyl (C=O) groups excluding carboxylic acids is 3. The van der Waals surface area contributed by atoms with Crippen LogP contribution < -0.4 is 16.4 Å². The van der Waals surface area contributed by atoms with Crippen molar-refractivity contribution in [2.45, 2.75) is 31.5 Å². The van der Waals surface area contributed by atoms with Crippen LogP contribution in [-0.4, -0.2) is 30.0 Å². The normalized spacial score (nSPS) is 12.3. The molecule has 2 atom stereocenters. The van der Waals surface area contributed by atoms with Crippen LogP contribution in [0.15, 0.2) is 84.9 Å². The Hall–Kier alpha value is -3.40. The van der Waals surface area contributed by atoms with Crippen molar-refractivity contribution in [2.75, 3.05) is 0 Å². The number of alkyl carbamates (subject to hydrolysis) is 1. The Labute approximate surface area is 212 Å². The third-order valence-electron chi connectivity index (χ3n) is 5.15. The number of halogens is 1. The number of benzene rings is 3. The van der Waals surface area contributed by atoms with Crippen molar-refractivity contribution in [2.24, 2.45) is 5.73 Å². The van der Waals surface area contributed by atoms with E-state index in [2.05, 4.69) is 33.2 Å². The van der Waals surface area contributed by atoms with Crippen LogP contribution in [-0.2, 0) is 33.8 Å². The third-order valence-corrected chi connectivity index (χ3v) is 6.20. The standard InChI is InChI=1S/C26H26IN3O4/c27-21-14-8-7-13-20(21)16-22(24(28)31)29-25(32)23(15-18-9-3-1-4-10-18)30-26(33)34-17-19-11-5-2-6-12-19/h1-14,22-23H,15-17H2,(H2,28,31)(H,29,32)(H,30,33)/t22-,23-/m0/s1. The number of hydrogen-bond acceptors (Lipinski definition) is 4. The van der Waals surface area contributed by atoms with Crippen molar-refractivity contribution < 1.29 is 19.1 Å². The van der Waals surface area contributed by atoms with E-state index < -0.39 is 30.0 Å². The average Bonchev–Trinajstić information content (AvgIpc) is 2.84. The number of primary amides is 1. The fourth-order valence-electron chi connectivity index (χ4n) is 3.35. The van der Waals surface area contributed by atoms with Crippen molar-refractivity contribution in [3.05, 3.63) is 105 Å². The molecule has 7 nitrogen and oxygen atoms in total. The van der Waals surface area contributed by atoms with E-state index in [0.29, 0.717) is 0 Å². The maximum absolute atomic E-state index is 13.2. The topological polar surface area (TPSA) is 111 Å². The second-order valence-electron chi connectivity index (χ2n) is 7.71. The van der Waals surface area contributed by atoms with Gasteiger partial charge in [-0.1, -0.05) is 78.9 Å². The molecule has 0 aliphatic carbocycles. The SMILES string of the molecule is NC(=O)[C@H](Cc1ccccc1I)NC(=O)[C@H](Cc1ccccc1)NC(=O)OCc1ccccc1. The van der Waals surface area contributed by atoms with Crippen LogP contribution in [0, 0.1) is 3.57 Å². The van der Waals surface area contributed by atoms with Gasteiger partial charge in [0.15, 0.2) is 0 Å². The predicted molar refractivity (Wildman–Crippen MR) is 138 cm³/mol. The van der Waals surface area contributed by atoms with Crippen LogP contribution in [0.1, 0.15) is 16.7 Å². The molecule has 0 fully saturated rings. The fraction of sp³-hybridized carbons (Fsp3) is 0.192. The summed E-state index contributed by atoms with van der Waals surface area (Å²) in [5.41, 5.74) is 8.14. The molecule has 0 bridgehead atoms. The number of nitrogens with one attached hydrogen (secondary N) is 2. The van der Waals surface area contributed by atoms with Crippen molar-refractivity contribution in [3.8, 4) is 0 Å². The van der Waals surface area contributed by atoms with Crippen LogP contribution in [0.3, 0.4) is 0 Å². The number of ether oxygens (including phenoxy) is 1. The van der Waals surface area contributed by atoms with E-state index in [1.54, 1.807) is 0 Å². The molecule has 0 aliphatic heterocycles. The summed E-state index contributed by atoms with van der Waals surface area (Å²) >= 11 is 2.17. The number of amides is 3. The Bertz CT molecular complexity index is 1110. The summed E-state index contributed by atoms with van der Waals surface area (Å²) in [5.74, 6) is -1.17. The summed E-state index contributed by atoms with van der Waals surface area (Å²) in [6, 6.07) is 24.2. The van der Waals surface area contributed by atoms with Crippen molar-refractivity contribution in [1.82, 2.24) is 10.6 Å². The van der Waals surface area contributed by atoms with Crippen LogP contribution in [0.4, 0.5) is 4.79 Å². The molecule has 34 heavy (non-hydrogen) atoms.